The number of nitrogens with one attached hydrogen (secondary N) is 1. The highest BCUT2D eigenvalue weighted by Crippen LogP contribution is 2.39. The third kappa shape index (κ3) is 2.36. The minimum absolute atomic E-state index is 0.131. The molecule has 1 unspecified atom stereocenters. The van der Waals surface area contributed by atoms with E-state index in [0.717, 1.165) is 36.3 Å². The molecule has 5 nitrogen and oxygen atoms in total. The van der Waals surface area contributed by atoms with Crippen molar-refractivity contribution in [1.82, 2.24) is 9.88 Å². The summed E-state index contributed by atoms with van der Waals surface area (Å²) in [5.74, 6) is 0. The lowest BCUT2D eigenvalue weighted by Gasteiger charge is -2.35. The Bertz CT molecular complexity index is 999. The molecule has 0 fully saturated rings. The first kappa shape index (κ1) is 14.4. The van der Waals surface area contributed by atoms with Crippen molar-refractivity contribution in [2.24, 2.45) is 0 Å². The van der Waals surface area contributed by atoms with E-state index >= 15 is 0 Å². The van der Waals surface area contributed by atoms with Gasteiger partial charge in [-0.2, -0.15) is 0 Å². The molecule has 0 radical (unpaired) electrons. The number of anilines is 1. The number of rotatable bonds is 3. The number of H-pyrrole nitrogens is 1. The number of nitrogens with zero attached hydrogens (tertiary/aromatic N) is 1. The Morgan fingerprint density at radius 2 is 2.00 bits per heavy atom. The lowest BCUT2D eigenvalue weighted by Crippen LogP contribution is -2.35. The number of furan rings is 2. The molecule has 126 valence electrons. The van der Waals surface area contributed by atoms with Gasteiger partial charge in [-0.3, -0.25) is 4.90 Å². The highest BCUT2D eigenvalue weighted by Gasteiger charge is 2.32. The van der Waals surface area contributed by atoms with E-state index in [9.17, 15) is 0 Å². The number of aromatic nitrogens is 1. The third-order valence-electron chi connectivity index (χ3n) is 5.08. The van der Waals surface area contributed by atoms with E-state index in [1.165, 1.54) is 22.2 Å². The monoisotopic (exact) mass is 333 g/mol. The van der Waals surface area contributed by atoms with Crippen LogP contribution in [0.1, 0.15) is 28.4 Å². The predicted molar refractivity (Wildman–Crippen MR) is 96.1 cm³/mol. The Labute approximate surface area is 145 Å². The highest BCUT2D eigenvalue weighted by atomic mass is 16.3. The molecule has 1 aliphatic heterocycles. The third-order valence-corrected chi connectivity index (χ3v) is 5.08. The Balaban J connectivity index is 1.64. The van der Waals surface area contributed by atoms with Crippen LogP contribution in [0.25, 0.3) is 10.9 Å². The van der Waals surface area contributed by atoms with Gasteiger partial charge in [0.2, 0.25) is 0 Å². The van der Waals surface area contributed by atoms with Gasteiger partial charge in [0, 0.05) is 46.5 Å². The maximum atomic E-state index is 6.01. The summed E-state index contributed by atoms with van der Waals surface area (Å²) in [6.07, 6.45) is 8.10. The molecule has 1 aromatic carbocycles. The molecule has 3 N–H and O–H groups in total. The summed E-state index contributed by atoms with van der Waals surface area (Å²) in [5, 5.41) is 1.23. The lowest BCUT2D eigenvalue weighted by atomic mass is 9.93. The summed E-state index contributed by atoms with van der Waals surface area (Å²) in [6.45, 7) is 1.80. The van der Waals surface area contributed by atoms with Gasteiger partial charge in [0.05, 0.1) is 31.1 Å². The fourth-order valence-corrected chi connectivity index (χ4v) is 3.95. The number of nitrogens with two attached hydrogens (primary N) is 1. The van der Waals surface area contributed by atoms with Crippen molar-refractivity contribution in [3.63, 3.8) is 0 Å². The van der Waals surface area contributed by atoms with Crippen molar-refractivity contribution >= 4 is 16.6 Å². The molecule has 4 heterocycles. The second kappa shape index (κ2) is 5.57. The Morgan fingerprint density at radius 3 is 2.80 bits per heavy atom. The average molecular weight is 333 g/mol. The number of benzene rings is 1. The molecule has 3 aromatic heterocycles. The zero-order valence-corrected chi connectivity index (χ0v) is 13.7. The van der Waals surface area contributed by atoms with Crippen LogP contribution in [0.4, 0.5) is 5.69 Å². The minimum Gasteiger partial charge on any atom is -0.472 e. The van der Waals surface area contributed by atoms with Crippen LogP contribution in [0.15, 0.2) is 64.2 Å². The van der Waals surface area contributed by atoms with Crippen LogP contribution in [-0.2, 0) is 13.0 Å². The van der Waals surface area contributed by atoms with Crippen molar-refractivity contribution in [2.45, 2.75) is 19.0 Å². The molecule has 0 spiro atoms. The molecule has 4 aromatic rings. The summed E-state index contributed by atoms with van der Waals surface area (Å²) < 4.78 is 10.6. The number of hydrogen-bond acceptors (Lipinski definition) is 4. The second-order valence-corrected chi connectivity index (χ2v) is 6.63. The maximum absolute atomic E-state index is 6.01. The van der Waals surface area contributed by atoms with Gasteiger partial charge in [0.1, 0.15) is 0 Å². The maximum Gasteiger partial charge on any atom is 0.0954 e. The standard InChI is InChI=1S/C20H19N3O2/c21-15-1-2-18-17(9-15)16-3-6-23(10-13-4-7-24-11-13)20(19(16)22-18)14-5-8-25-12-14/h1-2,4-5,7-9,11-12,20,22H,3,6,10,21H2. The fraction of sp³-hybridized carbons (Fsp3) is 0.200. The van der Waals surface area contributed by atoms with E-state index < -0.39 is 0 Å². The van der Waals surface area contributed by atoms with E-state index in [4.69, 9.17) is 14.6 Å². The minimum atomic E-state index is 0.131. The van der Waals surface area contributed by atoms with Gasteiger partial charge in [-0.25, -0.2) is 0 Å². The van der Waals surface area contributed by atoms with Crippen molar-refractivity contribution in [3.8, 4) is 0 Å². The van der Waals surface area contributed by atoms with Gasteiger partial charge in [-0.05, 0) is 42.3 Å². The zero-order valence-electron chi connectivity index (χ0n) is 13.7. The van der Waals surface area contributed by atoms with E-state index in [-0.39, 0.29) is 6.04 Å². The molecule has 1 atom stereocenters. The first-order chi connectivity index (χ1) is 12.3. The summed E-state index contributed by atoms with van der Waals surface area (Å²) in [5.41, 5.74) is 12.9. The lowest BCUT2D eigenvalue weighted by molar-refractivity contribution is 0.201. The van der Waals surface area contributed by atoms with Crippen LogP contribution in [0, 0.1) is 0 Å². The first-order valence-corrected chi connectivity index (χ1v) is 8.47. The summed E-state index contributed by atoms with van der Waals surface area (Å²) in [6, 6.07) is 10.3. The quantitative estimate of drug-likeness (QED) is 0.554. The molecule has 5 heteroatoms. The number of nitrogen functional groups attached to an aromatic ring is 1. The van der Waals surface area contributed by atoms with Crippen LogP contribution >= 0.6 is 0 Å². The molecule has 0 aliphatic carbocycles. The van der Waals surface area contributed by atoms with E-state index in [1.807, 2.05) is 30.7 Å². The SMILES string of the molecule is Nc1ccc2[nH]c3c(c2c1)CCN(Cc1ccoc1)C3c1ccoc1. The molecule has 25 heavy (non-hydrogen) atoms. The molecular weight excluding hydrogens is 314 g/mol. The molecular formula is C20H19N3O2. The Kier molecular flexibility index (Phi) is 3.21. The molecule has 0 amide bonds. The van der Waals surface area contributed by atoms with Crippen molar-refractivity contribution in [2.75, 3.05) is 12.3 Å². The topological polar surface area (TPSA) is 71.3 Å². The van der Waals surface area contributed by atoms with Crippen LogP contribution in [-0.4, -0.2) is 16.4 Å². The number of fused-ring (bicyclic) bond motifs is 3. The van der Waals surface area contributed by atoms with Gasteiger partial charge in [0.25, 0.3) is 0 Å². The molecule has 1 aliphatic rings. The Morgan fingerprint density at radius 1 is 1.12 bits per heavy atom. The van der Waals surface area contributed by atoms with Crippen molar-refractivity contribution in [1.29, 1.82) is 0 Å². The fourth-order valence-electron chi connectivity index (χ4n) is 3.95. The van der Waals surface area contributed by atoms with Crippen molar-refractivity contribution in [3.05, 3.63) is 77.8 Å². The normalized spacial score (nSPS) is 17.8. The van der Waals surface area contributed by atoms with Crippen molar-refractivity contribution < 1.29 is 8.83 Å². The summed E-state index contributed by atoms with van der Waals surface area (Å²) >= 11 is 0. The predicted octanol–water partition coefficient (Wildman–Crippen LogP) is 4.08. The van der Waals surface area contributed by atoms with Crippen LogP contribution in [0.3, 0.4) is 0 Å². The molecule has 0 bridgehead atoms. The Hall–Kier alpha value is -2.92. The second-order valence-electron chi connectivity index (χ2n) is 6.63. The number of hydrogen-bond donors (Lipinski definition) is 2. The average Bonchev–Trinajstić information content (AvgIpc) is 3.35. The molecule has 0 saturated heterocycles. The van der Waals surface area contributed by atoms with Gasteiger partial charge in [-0.15, -0.1) is 0 Å². The first-order valence-electron chi connectivity index (χ1n) is 8.47. The van der Waals surface area contributed by atoms with E-state index in [1.54, 1.807) is 12.5 Å². The van der Waals surface area contributed by atoms with Gasteiger partial charge in [0.15, 0.2) is 0 Å². The van der Waals surface area contributed by atoms with Crippen LogP contribution in [0.5, 0.6) is 0 Å². The van der Waals surface area contributed by atoms with E-state index in [2.05, 4.69) is 22.0 Å². The summed E-state index contributed by atoms with van der Waals surface area (Å²) in [7, 11) is 0. The number of aromatic amines is 1. The summed E-state index contributed by atoms with van der Waals surface area (Å²) in [4.78, 5) is 6.08. The zero-order chi connectivity index (χ0) is 16.8. The van der Waals surface area contributed by atoms with Gasteiger partial charge < -0.3 is 19.6 Å². The smallest absolute Gasteiger partial charge is 0.0954 e. The van der Waals surface area contributed by atoms with Gasteiger partial charge in [-0.1, -0.05) is 0 Å². The van der Waals surface area contributed by atoms with Crippen LogP contribution < -0.4 is 5.73 Å². The molecule has 0 saturated carbocycles. The van der Waals surface area contributed by atoms with E-state index in [0.29, 0.717) is 0 Å². The highest BCUT2D eigenvalue weighted by molar-refractivity contribution is 5.88. The van der Waals surface area contributed by atoms with Gasteiger partial charge >= 0.3 is 0 Å². The van der Waals surface area contributed by atoms with Crippen LogP contribution in [0.2, 0.25) is 0 Å². The largest absolute Gasteiger partial charge is 0.472 e. The molecule has 5 rings (SSSR count).